The van der Waals surface area contributed by atoms with Crippen molar-refractivity contribution in [3.8, 4) is 34.5 Å². The van der Waals surface area contributed by atoms with Gasteiger partial charge in [-0.25, -0.2) is 0 Å². The van der Waals surface area contributed by atoms with E-state index in [1.807, 2.05) is 12.1 Å². The quantitative estimate of drug-likeness (QED) is 0.349. The van der Waals surface area contributed by atoms with Crippen LogP contribution < -0.4 is 15.0 Å². The first-order valence-corrected chi connectivity index (χ1v) is 12.0. The predicted octanol–water partition coefficient (Wildman–Crippen LogP) is 4.59. The molecule has 0 unspecified atom stereocenters. The first-order valence-electron chi connectivity index (χ1n) is 11.6. The Morgan fingerprint density at radius 3 is 2.42 bits per heavy atom. The van der Waals surface area contributed by atoms with Crippen molar-refractivity contribution in [2.24, 2.45) is 5.92 Å². The molecule has 9 nitrogen and oxygen atoms in total. The lowest BCUT2D eigenvalue weighted by Crippen LogP contribution is -2.26. The Bertz CT molecular complexity index is 1420. The second kappa shape index (κ2) is 10.0. The molecule has 0 bridgehead atoms. The van der Waals surface area contributed by atoms with Gasteiger partial charge in [0.25, 0.3) is 11.4 Å². The smallest absolute Gasteiger partial charge is 0.275 e. The number of aromatic nitrogens is 4. The molecule has 10 heteroatoms. The van der Waals surface area contributed by atoms with E-state index in [0.29, 0.717) is 46.8 Å². The molecule has 2 aromatic heterocycles. The van der Waals surface area contributed by atoms with E-state index < -0.39 is 11.4 Å². The summed E-state index contributed by atoms with van der Waals surface area (Å²) < 4.78 is 18.3. The minimum Gasteiger partial charge on any atom is -0.494 e. The summed E-state index contributed by atoms with van der Waals surface area (Å²) in [6.07, 6.45) is 4.01. The molecule has 0 atom stereocenters. The molecule has 0 spiro atoms. The molecule has 1 fully saturated rings. The van der Waals surface area contributed by atoms with Crippen LogP contribution in [0.3, 0.4) is 0 Å². The molecule has 0 aliphatic heterocycles. The van der Waals surface area contributed by atoms with Crippen molar-refractivity contribution in [1.29, 1.82) is 0 Å². The predicted molar refractivity (Wildman–Crippen MR) is 133 cm³/mol. The number of rotatable bonds is 9. The number of para-hydroxylation sites is 1. The summed E-state index contributed by atoms with van der Waals surface area (Å²) in [5.74, 6) is 1.56. The van der Waals surface area contributed by atoms with Gasteiger partial charge in [-0.3, -0.25) is 9.36 Å². The van der Waals surface area contributed by atoms with Crippen LogP contribution >= 0.6 is 11.6 Å². The van der Waals surface area contributed by atoms with Crippen molar-refractivity contribution in [2.45, 2.75) is 32.1 Å². The van der Waals surface area contributed by atoms with Crippen LogP contribution in [-0.4, -0.2) is 39.1 Å². The lowest BCUT2D eigenvalue weighted by Gasteiger charge is -2.18. The van der Waals surface area contributed by atoms with E-state index in [-0.39, 0.29) is 17.3 Å². The van der Waals surface area contributed by atoms with Crippen LogP contribution in [0.15, 0.2) is 51.7 Å². The van der Waals surface area contributed by atoms with Crippen molar-refractivity contribution in [3.05, 3.63) is 75.1 Å². The SMILES string of the molecule is COc1cccc(OC)c1-n1c(CCC2CC2)nc(O)c(-c2nnc(Cc3ccc(Cl)cc3)o2)c1=O. The molecule has 186 valence electrons. The number of methoxy groups -OCH3 is 2. The van der Waals surface area contributed by atoms with E-state index in [0.717, 1.165) is 24.8 Å². The number of hydrogen-bond donors (Lipinski definition) is 1. The first-order chi connectivity index (χ1) is 17.5. The van der Waals surface area contributed by atoms with Gasteiger partial charge in [0.05, 0.1) is 20.6 Å². The number of halogens is 1. The summed E-state index contributed by atoms with van der Waals surface area (Å²) in [7, 11) is 3.03. The molecule has 2 aromatic carbocycles. The average molecular weight is 509 g/mol. The Labute approximate surface area is 212 Å². The van der Waals surface area contributed by atoms with E-state index in [1.54, 1.807) is 30.3 Å². The van der Waals surface area contributed by atoms with Gasteiger partial charge in [0.15, 0.2) is 5.56 Å². The highest BCUT2D eigenvalue weighted by Crippen LogP contribution is 2.36. The van der Waals surface area contributed by atoms with E-state index in [4.69, 9.17) is 25.5 Å². The van der Waals surface area contributed by atoms with E-state index >= 15 is 0 Å². The third kappa shape index (κ3) is 4.79. The normalized spacial score (nSPS) is 13.1. The molecular formula is C26H25ClN4O5. The molecule has 1 saturated carbocycles. The fourth-order valence-corrected chi connectivity index (χ4v) is 4.26. The Morgan fingerprint density at radius 1 is 1.08 bits per heavy atom. The van der Waals surface area contributed by atoms with E-state index in [2.05, 4.69) is 15.2 Å². The Balaban J connectivity index is 1.62. The maximum Gasteiger partial charge on any atom is 0.275 e. The van der Waals surface area contributed by atoms with Gasteiger partial charge in [-0.15, -0.1) is 10.2 Å². The molecule has 5 rings (SSSR count). The average Bonchev–Trinajstić information content (AvgIpc) is 3.61. The molecule has 0 radical (unpaired) electrons. The lowest BCUT2D eigenvalue weighted by atomic mass is 10.1. The van der Waals surface area contributed by atoms with Gasteiger partial charge in [-0.05, 0) is 42.2 Å². The topological polar surface area (TPSA) is 112 Å². The Kier molecular flexibility index (Phi) is 6.65. The summed E-state index contributed by atoms with van der Waals surface area (Å²) in [4.78, 5) is 18.3. The maximum absolute atomic E-state index is 13.9. The number of ether oxygens (including phenoxy) is 2. The fourth-order valence-electron chi connectivity index (χ4n) is 4.13. The highest BCUT2D eigenvalue weighted by molar-refractivity contribution is 6.30. The number of nitrogens with zero attached hydrogens (tertiary/aromatic N) is 4. The lowest BCUT2D eigenvalue weighted by molar-refractivity contribution is 0.388. The molecule has 4 aromatic rings. The van der Waals surface area contributed by atoms with Crippen LogP contribution in [0.2, 0.25) is 5.02 Å². The van der Waals surface area contributed by atoms with E-state index in [9.17, 15) is 9.90 Å². The van der Waals surface area contributed by atoms with Gasteiger partial charge < -0.3 is 19.0 Å². The zero-order valence-corrected chi connectivity index (χ0v) is 20.7. The van der Waals surface area contributed by atoms with Crippen LogP contribution in [0.5, 0.6) is 17.4 Å². The van der Waals surface area contributed by atoms with Crippen LogP contribution in [0.4, 0.5) is 0 Å². The van der Waals surface area contributed by atoms with Crippen LogP contribution in [0.25, 0.3) is 17.1 Å². The van der Waals surface area contributed by atoms with Gasteiger partial charge in [0.2, 0.25) is 11.8 Å². The second-order valence-electron chi connectivity index (χ2n) is 8.66. The third-order valence-corrected chi connectivity index (χ3v) is 6.43. The Morgan fingerprint density at radius 2 is 1.78 bits per heavy atom. The summed E-state index contributed by atoms with van der Waals surface area (Å²) in [6, 6.07) is 12.5. The number of aryl methyl sites for hydroxylation is 1. The van der Waals surface area contributed by atoms with Crippen molar-refractivity contribution < 1.29 is 19.0 Å². The first kappa shape index (κ1) is 23.9. The summed E-state index contributed by atoms with van der Waals surface area (Å²) >= 11 is 5.96. The second-order valence-corrected chi connectivity index (χ2v) is 9.10. The van der Waals surface area contributed by atoms with Crippen molar-refractivity contribution in [3.63, 3.8) is 0 Å². The van der Waals surface area contributed by atoms with Gasteiger partial charge in [0.1, 0.15) is 23.0 Å². The van der Waals surface area contributed by atoms with Gasteiger partial charge in [0, 0.05) is 11.4 Å². The standard InChI is InChI=1S/C26H25ClN4O5/c1-34-18-4-3-5-19(35-2)23(18)31-20(13-10-15-6-7-15)28-24(32)22(26(31)33)25-30-29-21(36-25)14-16-8-11-17(27)12-9-16/h3-5,8-9,11-12,15,32H,6-7,10,13-14H2,1-2H3. The molecule has 1 aliphatic rings. The minimum atomic E-state index is -0.558. The summed E-state index contributed by atoms with van der Waals surface area (Å²) in [6.45, 7) is 0. The largest absolute Gasteiger partial charge is 0.494 e. The number of aromatic hydroxyl groups is 1. The molecule has 1 aliphatic carbocycles. The summed E-state index contributed by atoms with van der Waals surface area (Å²) in [5, 5.41) is 19.6. The minimum absolute atomic E-state index is 0.120. The summed E-state index contributed by atoms with van der Waals surface area (Å²) in [5.41, 5.74) is 0.558. The monoisotopic (exact) mass is 508 g/mol. The van der Waals surface area contributed by atoms with Crippen molar-refractivity contribution in [2.75, 3.05) is 14.2 Å². The van der Waals surface area contributed by atoms with Crippen LogP contribution in [-0.2, 0) is 12.8 Å². The highest BCUT2D eigenvalue weighted by Gasteiger charge is 2.28. The number of hydrogen-bond acceptors (Lipinski definition) is 8. The zero-order chi connectivity index (χ0) is 25.2. The van der Waals surface area contributed by atoms with Gasteiger partial charge in [-0.1, -0.05) is 42.6 Å². The van der Waals surface area contributed by atoms with Crippen LogP contribution in [0.1, 0.15) is 36.5 Å². The van der Waals surface area contributed by atoms with Crippen molar-refractivity contribution >= 4 is 11.6 Å². The molecule has 0 saturated heterocycles. The van der Waals surface area contributed by atoms with Crippen molar-refractivity contribution in [1.82, 2.24) is 19.7 Å². The van der Waals surface area contributed by atoms with E-state index in [1.165, 1.54) is 18.8 Å². The molecule has 1 N–H and O–H groups in total. The third-order valence-electron chi connectivity index (χ3n) is 6.18. The van der Waals surface area contributed by atoms with Crippen LogP contribution in [0, 0.1) is 5.92 Å². The maximum atomic E-state index is 13.9. The van der Waals surface area contributed by atoms with Gasteiger partial charge in [-0.2, -0.15) is 4.98 Å². The Hall–Kier alpha value is -3.85. The van der Waals surface area contributed by atoms with Gasteiger partial charge >= 0.3 is 0 Å². The molecule has 36 heavy (non-hydrogen) atoms. The fraction of sp³-hybridized carbons (Fsp3) is 0.308. The molecule has 2 heterocycles. The zero-order valence-electron chi connectivity index (χ0n) is 19.9. The highest BCUT2D eigenvalue weighted by atomic mass is 35.5. The number of benzene rings is 2. The molecule has 0 amide bonds. The molecular weight excluding hydrogens is 484 g/mol.